The van der Waals surface area contributed by atoms with Crippen LogP contribution in [0.3, 0.4) is 0 Å². The van der Waals surface area contributed by atoms with Crippen molar-refractivity contribution < 1.29 is 14.3 Å². The van der Waals surface area contributed by atoms with Crippen LogP contribution in [0, 0.1) is 5.92 Å². The predicted molar refractivity (Wildman–Crippen MR) is 51.6 cm³/mol. The Hall–Kier alpha value is -1.06. The van der Waals surface area contributed by atoms with Crippen LogP contribution in [-0.2, 0) is 14.3 Å². The fraction of sp³-hybridized carbons (Fsp3) is 0.800. The van der Waals surface area contributed by atoms with Gasteiger partial charge in [0.1, 0.15) is 0 Å². The number of esters is 1. The molecule has 0 heterocycles. The highest BCUT2D eigenvalue weighted by atomic mass is 16.5. The van der Waals surface area contributed by atoms with Gasteiger partial charge in [-0.3, -0.25) is 9.59 Å². The second-order valence-electron chi connectivity index (χ2n) is 3.78. The molecular weight excluding hydrogens is 182 g/mol. The van der Waals surface area contributed by atoms with Crippen LogP contribution < -0.4 is 5.32 Å². The lowest BCUT2D eigenvalue weighted by molar-refractivity contribution is -0.147. The Bertz CT molecular complexity index is 227. The summed E-state index contributed by atoms with van der Waals surface area (Å²) in [6.07, 6.45) is 3.53. The Morgan fingerprint density at radius 1 is 1.36 bits per heavy atom. The summed E-state index contributed by atoms with van der Waals surface area (Å²) >= 11 is 0. The molecule has 1 N–H and O–H groups in total. The summed E-state index contributed by atoms with van der Waals surface area (Å²) in [6.45, 7) is 1.50. The third kappa shape index (κ3) is 3.01. The maximum atomic E-state index is 11.3. The van der Waals surface area contributed by atoms with E-state index < -0.39 is 0 Å². The van der Waals surface area contributed by atoms with Crippen molar-refractivity contribution in [1.82, 2.24) is 5.32 Å². The standard InChI is InChI=1S/C10H17NO3/c1-7(12)11-9-5-3-4-8(6-9)10(13)14-2/h8-9H,3-6H2,1-2H3,(H,11,12)/t8-,9-/m1/s1. The van der Waals surface area contributed by atoms with Gasteiger partial charge in [-0.1, -0.05) is 6.42 Å². The van der Waals surface area contributed by atoms with Crippen LogP contribution >= 0.6 is 0 Å². The molecule has 0 unspecified atom stereocenters. The molecule has 1 rings (SSSR count). The molecule has 1 amide bonds. The predicted octanol–water partition coefficient (Wildman–Crippen LogP) is 0.854. The van der Waals surface area contributed by atoms with Crippen molar-refractivity contribution in [3.05, 3.63) is 0 Å². The summed E-state index contributed by atoms with van der Waals surface area (Å²) in [6, 6.07) is 0.144. The van der Waals surface area contributed by atoms with Crippen molar-refractivity contribution in [3.8, 4) is 0 Å². The molecule has 0 saturated heterocycles. The van der Waals surface area contributed by atoms with Gasteiger partial charge >= 0.3 is 5.97 Å². The van der Waals surface area contributed by atoms with Crippen molar-refractivity contribution >= 4 is 11.9 Å². The molecule has 14 heavy (non-hydrogen) atoms. The van der Waals surface area contributed by atoms with Crippen LogP contribution in [0.2, 0.25) is 0 Å². The third-order valence-corrected chi connectivity index (χ3v) is 2.62. The number of carbonyl (C=O) groups is 2. The van der Waals surface area contributed by atoms with Crippen molar-refractivity contribution in [3.63, 3.8) is 0 Å². The van der Waals surface area contributed by atoms with Crippen LogP contribution in [-0.4, -0.2) is 25.0 Å². The number of ether oxygens (including phenoxy) is 1. The molecule has 1 aliphatic carbocycles. The van der Waals surface area contributed by atoms with E-state index in [1.807, 2.05) is 0 Å². The minimum atomic E-state index is -0.153. The van der Waals surface area contributed by atoms with Crippen LogP contribution in [0.25, 0.3) is 0 Å². The van der Waals surface area contributed by atoms with E-state index in [-0.39, 0.29) is 23.8 Å². The molecule has 1 aliphatic rings. The highest BCUT2D eigenvalue weighted by Gasteiger charge is 2.27. The molecule has 80 valence electrons. The van der Waals surface area contributed by atoms with E-state index in [0.29, 0.717) is 6.42 Å². The summed E-state index contributed by atoms with van der Waals surface area (Å²) in [5.74, 6) is -0.217. The highest BCUT2D eigenvalue weighted by molar-refractivity contribution is 5.74. The molecule has 0 radical (unpaired) electrons. The molecule has 1 saturated carbocycles. The van der Waals surface area contributed by atoms with Crippen molar-refractivity contribution in [2.75, 3.05) is 7.11 Å². The highest BCUT2D eigenvalue weighted by Crippen LogP contribution is 2.25. The maximum absolute atomic E-state index is 11.3. The van der Waals surface area contributed by atoms with Gasteiger partial charge in [0.15, 0.2) is 0 Å². The molecule has 0 aromatic rings. The van der Waals surface area contributed by atoms with Gasteiger partial charge in [-0.05, 0) is 19.3 Å². The van der Waals surface area contributed by atoms with Crippen molar-refractivity contribution in [1.29, 1.82) is 0 Å². The molecular formula is C10H17NO3. The van der Waals surface area contributed by atoms with Crippen LogP contribution in [0.4, 0.5) is 0 Å². The first-order valence-electron chi connectivity index (χ1n) is 4.98. The quantitative estimate of drug-likeness (QED) is 0.671. The van der Waals surface area contributed by atoms with Gasteiger partial charge in [-0.25, -0.2) is 0 Å². The van der Waals surface area contributed by atoms with Crippen LogP contribution in [0.5, 0.6) is 0 Å². The van der Waals surface area contributed by atoms with Crippen molar-refractivity contribution in [2.24, 2.45) is 5.92 Å². The number of nitrogens with one attached hydrogen (secondary N) is 1. The Labute approximate surface area is 84.0 Å². The number of rotatable bonds is 2. The Morgan fingerprint density at radius 3 is 2.64 bits per heavy atom. The van der Waals surface area contributed by atoms with Gasteiger partial charge in [-0.2, -0.15) is 0 Å². The van der Waals surface area contributed by atoms with Gasteiger partial charge in [0.2, 0.25) is 5.91 Å². The molecule has 0 aromatic heterocycles. The van der Waals surface area contributed by atoms with Gasteiger partial charge < -0.3 is 10.1 Å². The van der Waals surface area contributed by atoms with E-state index in [1.165, 1.54) is 14.0 Å². The lowest BCUT2D eigenvalue weighted by Gasteiger charge is -2.27. The van der Waals surface area contributed by atoms with Crippen LogP contribution in [0.15, 0.2) is 0 Å². The topological polar surface area (TPSA) is 55.4 Å². The number of hydrogen-bond acceptors (Lipinski definition) is 3. The molecule has 4 nitrogen and oxygen atoms in total. The molecule has 0 aliphatic heterocycles. The number of methoxy groups -OCH3 is 1. The Balaban J connectivity index is 2.43. The minimum absolute atomic E-state index is 0.0273. The first-order valence-corrected chi connectivity index (χ1v) is 4.98. The minimum Gasteiger partial charge on any atom is -0.469 e. The second kappa shape index (κ2) is 4.98. The Morgan fingerprint density at radius 2 is 2.07 bits per heavy atom. The summed E-state index contributed by atoms with van der Waals surface area (Å²) in [5.41, 5.74) is 0. The SMILES string of the molecule is COC(=O)[C@@H]1CCC[C@@H](NC(C)=O)C1. The Kier molecular flexibility index (Phi) is 3.92. The van der Waals surface area contributed by atoms with E-state index in [9.17, 15) is 9.59 Å². The van der Waals surface area contributed by atoms with E-state index in [2.05, 4.69) is 5.32 Å². The largest absolute Gasteiger partial charge is 0.469 e. The first kappa shape index (κ1) is 11.0. The summed E-state index contributed by atoms with van der Waals surface area (Å²) < 4.78 is 4.69. The van der Waals surface area contributed by atoms with Gasteiger partial charge in [0, 0.05) is 13.0 Å². The fourth-order valence-electron chi connectivity index (χ4n) is 1.99. The van der Waals surface area contributed by atoms with E-state index in [4.69, 9.17) is 4.74 Å². The average molecular weight is 199 g/mol. The lowest BCUT2D eigenvalue weighted by Crippen LogP contribution is -2.39. The molecule has 4 heteroatoms. The molecule has 0 bridgehead atoms. The van der Waals surface area contributed by atoms with Gasteiger partial charge in [0.25, 0.3) is 0 Å². The summed E-state index contributed by atoms with van der Waals surface area (Å²) in [4.78, 5) is 22.1. The zero-order chi connectivity index (χ0) is 10.6. The van der Waals surface area contributed by atoms with E-state index in [1.54, 1.807) is 0 Å². The molecule has 2 atom stereocenters. The maximum Gasteiger partial charge on any atom is 0.308 e. The molecule has 1 fully saturated rings. The number of amides is 1. The van der Waals surface area contributed by atoms with E-state index in [0.717, 1.165) is 19.3 Å². The monoisotopic (exact) mass is 199 g/mol. The van der Waals surface area contributed by atoms with Gasteiger partial charge in [-0.15, -0.1) is 0 Å². The van der Waals surface area contributed by atoms with Gasteiger partial charge in [0.05, 0.1) is 13.0 Å². The summed E-state index contributed by atoms with van der Waals surface area (Å²) in [5, 5.41) is 2.84. The third-order valence-electron chi connectivity index (χ3n) is 2.62. The van der Waals surface area contributed by atoms with E-state index >= 15 is 0 Å². The number of carbonyl (C=O) groups excluding carboxylic acids is 2. The first-order chi connectivity index (χ1) is 6.63. The zero-order valence-electron chi connectivity index (χ0n) is 8.71. The normalized spacial score (nSPS) is 26.7. The molecule has 0 aromatic carbocycles. The van der Waals surface area contributed by atoms with Crippen LogP contribution in [0.1, 0.15) is 32.6 Å². The van der Waals surface area contributed by atoms with Crippen molar-refractivity contribution in [2.45, 2.75) is 38.6 Å². The zero-order valence-corrected chi connectivity index (χ0v) is 8.71. The smallest absolute Gasteiger partial charge is 0.308 e. The number of hydrogen-bond donors (Lipinski definition) is 1. The fourth-order valence-corrected chi connectivity index (χ4v) is 1.99. The lowest BCUT2D eigenvalue weighted by atomic mass is 9.86. The average Bonchev–Trinajstić information content (AvgIpc) is 2.16. The summed E-state index contributed by atoms with van der Waals surface area (Å²) in [7, 11) is 1.41. The second-order valence-corrected chi connectivity index (χ2v) is 3.78. The molecule has 0 spiro atoms.